The smallest absolute Gasteiger partial charge is 0.0443 e. The minimum Gasteiger partial charge on any atom is -0.330 e. The van der Waals surface area contributed by atoms with Gasteiger partial charge in [-0.1, -0.05) is 35.7 Å². The monoisotopic (exact) mass is 223 g/mol. The molecule has 0 bridgehead atoms. The molecule has 1 aliphatic rings. The van der Waals surface area contributed by atoms with Gasteiger partial charge in [0.05, 0.1) is 0 Å². The third-order valence-corrected chi connectivity index (χ3v) is 3.96. The van der Waals surface area contributed by atoms with Gasteiger partial charge < -0.3 is 5.73 Å². The van der Waals surface area contributed by atoms with E-state index in [0.717, 1.165) is 18.0 Å². The van der Waals surface area contributed by atoms with Gasteiger partial charge in [0.1, 0.15) is 0 Å². The van der Waals surface area contributed by atoms with E-state index >= 15 is 0 Å². The van der Waals surface area contributed by atoms with Crippen LogP contribution < -0.4 is 5.73 Å². The number of hydrogen-bond donors (Lipinski definition) is 1. The SMILES string of the molecule is Cc1ccc(Cl)c(C2(CCN)CCC2)c1. The molecule has 0 atom stereocenters. The van der Waals surface area contributed by atoms with Crippen LogP contribution in [0.5, 0.6) is 0 Å². The highest BCUT2D eigenvalue weighted by molar-refractivity contribution is 6.31. The highest BCUT2D eigenvalue weighted by atomic mass is 35.5. The predicted molar refractivity (Wildman–Crippen MR) is 65.4 cm³/mol. The molecule has 1 fully saturated rings. The molecule has 1 saturated carbocycles. The van der Waals surface area contributed by atoms with Gasteiger partial charge in [0, 0.05) is 5.02 Å². The maximum atomic E-state index is 6.29. The lowest BCUT2D eigenvalue weighted by molar-refractivity contribution is 0.229. The molecule has 2 heteroatoms. The Kier molecular flexibility index (Phi) is 3.03. The van der Waals surface area contributed by atoms with E-state index in [-0.39, 0.29) is 5.41 Å². The van der Waals surface area contributed by atoms with Crippen LogP contribution in [0.25, 0.3) is 0 Å². The highest BCUT2D eigenvalue weighted by Gasteiger charge is 2.39. The molecule has 15 heavy (non-hydrogen) atoms. The van der Waals surface area contributed by atoms with E-state index < -0.39 is 0 Å². The Morgan fingerprint density at radius 2 is 2.13 bits per heavy atom. The van der Waals surface area contributed by atoms with E-state index in [4.69, 9.17) is 17.3 Å². The highest BCUT2D eigenvalue weighted by Crippen LogP contribution is 2.48. The average molecular weight is 224 g/mol. The van der Waals surface area contributed by atoms with Gasteiger partial charge in [0.2, 0.25) is 0 Å². The zero-order valence-electron chi connectivity index (χ0n) is 9.22. The van der Waals surface area contributed by atoms with Gasteiger partial charge in [-0.15, -0.1) is 0 Å². The van der Waals surface area contributed by atoms with Crippen LogP contribution in [0.2, 0.25) is 5.02 Å². The largest absolute Gasteiger partial charge is 0.330 e. The summed E-state index contributed by atoms with van der Waals surface area (Å²) < 4.78 is 0. The minimum atomic E-state index is 0.290. The fraction of sp³-hybridized carbons (Fsp3) is 0.538. The van der Waals surface area contributed by atoms with Crippen molar-refractivity contribution in [2.24, 2.45) is 5.73 Å². The van der Waals surface area contributed by atoms with Gasteiger partial charge in [0.25, 0.3) is 0 Å². The Bertz CT molecular complexity index is 356. The lowest BCUT2D eigenvalue weighted by Crippen LogP contribution is -2.36. The average Bonchev–Trinajstić information content (AvgIpc) is 2.16. The van der Waals surface area contributed by atoms with Crippen LogP contribution in [0.1, 0.15) is 36.8 Å². The number of benzene rings is 1. The quantitative estimate of drug-likeness (QED) is 0.835. The lowest BCUT2D eigenvalue weighted by Gasteiger charge is -2.43. The van der Waals surface area contributed by atoms with Gasteiger partial charge in [-0.2, -0.15) is 0 Å². The van der Waals surface area contributed by atoms with E-state index in [2.05, 4.69) is 19.1 Å². The van der Waals surface area contributed by atoms with Crippen molar-refractivity contribution in [3.63, 3.8) is 0 Å². The Hall–Kier alpha value is -0.530. The maximum Gasteiger partial charge on any atom is 0.0443 e. The summed E-state index contributed by atoms with van der Waals surface area (Å²) in [6, 6.07) is 6.32. The minimum absolute atomic E-state index is 0.290. The zero-order chi connectivity index (χ0) is 10.9. The molecule has 82 valence electrons. The molecule has 1 aromatic rings. The van der Waals surface area contributed by atoms with Crippen LogP contribution in [0.3, 0.4) is 0 Å². The summed E-state index contributed by atoms with van der Waals surface area (Å²) in [6.45, 7) is 2.87. The number of aryl methyl sites for hydroxylation is 1. The molecule has 0 unspecified atom stereocenters. The van der Waals surface area contributed by atoms with E-state index in [1.165, 1.54) is 30.4 Å². The second kappa shape index (κ2) is 4.15. The summed E-state index contributed by atoms with van der Waals surface area (Å²) in [5.41, 5.74) is 8.61. The summed E-state index contributed by atoms with van der Waals surface area (Å²) in [7, 11) is 0. The maximum absolute atomic E-state index is 6.29. The van der Waals surface area contributed by atoms with Crippen molar-refractivity contribution >= 4 is 11.6 Å². The molecule has 0 radical (unpaired) electrons. The van der Waals surface area contributed by atoms with Crippen LogP contribution in [-0.2, 0) is 5.41 Å². The van der Waals surface area contributed by atoms with Gasteiger partial charge in [-0.25, -0.2) is 0 Å². The lowest BCUT2D eigenvalue weighted by atomic mass is 9.62. The van der Waals surface area contributed by atoms with Crippen molar-refractivity contribution in [3.05, 3.63) is 34.3 Å². The summed E-state index contributed by atoms with van der Waals surface area (Å²) in [4.78, 5) is 0. The van der Waals surface area contributed by atoms with E-state index in [1.807, 2.05) is 6.07 Å². The molecule has 0 spiro atoms. The topological polar surface area (TPSA) is 26.0 Å². The number of hydrogen-bond acceptors (Lipinski definition) is 1. The van der Waals surface area contributed by atoms with E-state index in [9.17, 15) is 0 Å². The van der Waals surface area contributed by atoms with Gasteiger partial charge in [-0.3, -0.25) is 0 Å². The molecule has 1 aliphatic carbocycles. The second-order valence-corrected chi connectivity index (χ2v) is 5.06. The molecule has 0 aliphatic heterocycles. The first-order chi connectivity index (χ1) is 7.18. The molecule has 1 aromatic carbocycles. The van der Waals surface area contributed by atoms with Gasteiger partial charge >= 0.3 is 0 Å². The van der Waals surface area contributed by atoms with E-state index in [0.29, 0.717) is 0 Å². The van der Waals surface area contributed by atoms with Gasteiger partial charge in [0.15, 0.2) is 0 Å². The van der Waals surface area contributed by atoms with Crippen LogP contribution in [-0.4, -0.2) is 6.54 Å². The number of rotatable bonds is 3. The normalized spacial score (nSPS) is 18.6. The summed E-state index contributed by atoms with van der Waals surface area (Å²) >= 11 is 6.29. The first-order valence-corrected chi connectivity index (χ1v) is 6.02. The van der Waals surface area contributed by atoms with Crippen molar-refractivity contribution in [1.82, 2.24) is 0 Å². The van der Waals surface area contributed by atoms with Crippen LogP contribution in [0.15, 0.2) is 18.2 Å². The third kappa shape index (κ3) is 1.91. The Morgan fingerprint density at radius 1 is 1.40 bits per heavy atom. The number of halogens is 1. The fourth-order valence-electron chi connectivity index (χ4n) is 2.58. The van der Waals surface area contributed by atoms with E-state index in [1.54, 1.807) is 0 Å². The molecule has 2 rings (SSSR count). The second-order valence-electron chi connectivity index (χ2n) is 4.66. The van der Waals surface area contributed by atoms with Crippen molar-refractivity contribution in [1.29, 1.82) is 0 Å². The molecular weight excluding hydrogens is 206 g/mol. The third-order valence-electron chi connectivity index (χ3n) is 3.63. The van der Waals surface area contributed by atoms with Crippen LogP contribution >= 0.6 is 11.6 Å². The molecule has 1 nitrogen and oxygen atoms in total. The van der Waals surface area contributed by atoms with Crippen molar-refractivity contribution in [3.8, 4) is 0 Å². The first kappa shape index (κ1) is 11.0. The van der Waals surface area contributed by atoms with Crippen LogP contribution in [0.4, 0.5) is 0 Å². The van der Waals surface area contributed by atoms with Crippen LogP contribution in [0, 0.1) is 6.92 Å². The van der Waals surface area contributed by atoms with Crippen molar-refractivity contribution in [2.45, 2.75) is 38.0 Å². The zero-order valence-corrected chi connectivity index (χ0v) is 9.98. The van der Waals surface area contributed by atoms with Crippen molar-refractivity contribution in [2.75, 3.05) is 6.54 Å². The molecule has 0 amide bonds. The summed E-state index contributed by atoms with van der Waals surface area (Å²) in [6.07, 6.45) is 4.86. The number of nitrogens with two attached hydrogens (primary N) is 1. The summed E-state index contributed by atoms with van der Waals surface area (Å²) in [5, 5.41) is 0.911. The molecule has 0 aromatic heterocycles. The molecule has 0 heterocycles. The molecule has 0 saturated heterocycles. The van der Waals surface area contributed by atoms with Crippen molar-refractivity contribution < 1.29 is 0 Å². The molecular formula is C13H18ClN. The fourth-order valence-corrected chi connectivity index (χ4v) is 2.90. The Labute approximate surface area is 96.6 Å². The Balaban J connectivity index is 2.37. The molecule has 2 N–H and O–H groups in total. The Morgan fingerprint density at radius 3 is 2.67 bits per heavy atom. The standard InChI is InChI=1S/C13H18ClN/c1-10-3-4-12(14)11(9-10)13(7-8-15)5-2-6-13/h3-4,9H,2,5-8,15H2,1H3. The predicted octanol–water partition coefficient (Wildman–Crippen LogP) is 3.42. The first-order valence-electron chi connectivity index (χ1n) is 5.65. The summed E-state index contributed by atoms with van der Waals surface area (Å²) in [5.74, 6) is 0. The van der Waals surface area contributed by atoms with Gasteiger partial charge in [-0.05, 0) is 49.8 Å².